The lowest BCUT2D eigenvalue weighted by Crippen LogP contribution is -2.26. The second-order valence-corrected chi connectivity index (χ2v) is 4.82. The summed E-state index contributed by atoms with van der Waals surface area (Å²) < 4.78 is 15.9. The van der Waals surface area contributed by atoms with E-state index in [2.05, 4.69) is 5.32 Å². The summed E-state index contributed by atoms with van der Waals surface area (Å²) in [6.45, 7) is 6.02. The highest BCUT2D eigenvalue weighted by Gasteiger charge is 2.10. The van der Waals surface area contributed by atoms with Gasteiger partial charge in [-0.25, -0.2) is 0 Å². The monoisotopic (exact) mass is 332 g/mol. The van der Waals surface area contributed by atoms with Gasteiger partial charge in [0.2, 0.25) is 0 Å². The topological polar surface area (TPSA) is 80.6 Å². The zero-order chi connectivity index (χ0) is 17.8. The molecule has 0 spiro atoms. The molecule has 130 valence electrons. The van der Waals surface area contributed by atoms with Crippen molar-refractivity contribution in [3.05, 3.63) is 29.3 Å². The molecular formula is C18H24N2O4. The van der Waals surface area contributed by atoms with Crippen LogP contribution in [0.25, 0.3) is 6.08 Å². The second kappa shape index (κ2) is 11.1. The third-order valence-corrected chi connectivity index (χ3v) is 3.12. The molecule has 1 aromatic carbocycles. The van der Waals surface area contributed by atoms with Gasteiger partial charge in [0.15, 0.2) is 11.5 Å². The Morgan fingerprint density at radius 3 is 2.71 bits per heavy atom. The fourth-order valence-electron chi connectivity index (χ4n) is 1.98. The van der Waals surface area contributed by atoms with Crippen molar-refractivity contribution in [2.24, 2.45) is 0 Å². The highest BCUT2D eigenvalue weighted by atomic mass is 16.5. The molecule has 6 heteroatoms. The molecule has 0 saturated carbocycles. The number of methoxy groups -OCH3 is 1. The van der Waals surface area contributed by atoms with Crippen LogP contribution >= 0.6 is 0 Å². The van der Waals surface area contributed by atoms with Crippen molar-refractivity contribution in [3.63, 3.8) is 0 Å². The van der Waals surface area contributed by atoms with Crippen LogP contribution < -0.4 is 14.8 Å². The summed E-state index contributed by atoms with van der Waals surface area (Å²) in [5.74, 6) is 0.776. The third kappa shape index (κ3) is 6.31. The number of benzene rings is 1. The molecule has 0 aliphatic rings. The first-order valence-electron chi connectivity index (χ1n) is 7.94. The molecule has 1 N–H and O–H groups in total. The largest absolute Gasteiger partial charge is 0.493 e. The first-order chi connectivity index (χ1) is 11.7. The molecule has 1 rings (SSSR count). The standard InChI is InChI=1S/C18H24N2O4/c1-4-23-10-6-9-20-18(21)15(13-19)11-14-7-8-16(24-5-2)17(12-14)22-3/h7-8,11-12H,4-6,9-10H2,1-3H3,(H,20,21)/b15-11+. The van der Waals surface area contributed by atoms with E-state index in [1.165, 1.54) is 6.08 Å². The fourth-order valence-corrected chi connectivity index (χ4v) is 1.98. The molecule has 0 unspecified atom stereocenters. The van der Waals surface area contributed by atoms with Crippen molar-refractivity contribution < 1.29 is 19.0 Å². The molecule has 0 bridgehead atoms. The Morgan fingerprint density at radius 1 is 1.29 bits per heavy atom. The van der Waals surface area contributed by atoms with Gasteiger partial charge in [-0.3, -0.25) is 4.79 Å². The van der Waals surface area contributed by atoms with Gasteiger partial charge in [-0.1, -0.05) is 6.07 Å². The Kier molecular flexibility index (Phi) is 9.02. The number of ether oxygens (including phenoxy) is 3. The number of nitriles is 1. The lowest BCUT2D eigenvalue weighted by Gasteiger charge is -2.10. The van der Waals surface area contributed by atoms with Gasteiger partial charge in [-0.15, -0.1) is 0 Å². The third-order valence-electron chi connectivity index (χ3n) is 3.12. The zero-order valence-electron chi connectivity index (χ0n) is 14.4. The summed E-state index contributed by atoms with van der Waals surface area (Å²) in [6.07, 6.45) is 2.23. The smallest absolute Gasteiger partial charge is 0.261 e. The maximum absolute atomic E-state index is 12.0. The second-order valence-electron chi connectivity index (χ2n) is 4.82. The molecule has 0 radical (unpaired) electrons. The van der Waals surface area contributed by atoms with Gasteiger partial charge in [-0.05, 0) is 44.0 Å². The molecular weight excluding hydrogens is 308 g/mol. The van der Waals surface area contributed by atoms with Crippen molar-refractivity contribution in [1.82, 2.24) is 5.32 Å². The van der Waals surface area contributed by atoms with Gasteiger partial charge in [0.05, 0.1) is 13.7 Å². The van der Waals surface area contributed by atoms with Crippen LogP contribution in [0.3, 0.4) is 0 Å². The van der Waals surface area contributed by atoms with Crippen LogP contribution in [0.4, 0.5) is 0 Å². The molecule has 0 heterocycles. The van der Waals surface area contributed by atoms with Crippen LogP contribution in [0, 0.1) is 11.3 Å². The van der Waals surface area contributed by atoms with Crippen molar-refractivity contribution in [3.8, 4) is 17.6 Å². The summed E-state index contributed by atoms with van der Waals surface area (Å²) in [7, 11) is 1.54. The quantitative estimate of drug-likeness (QED) is 0.404. The summed E-state index contributed by atoms with van der Waals surface area (Å²) in [6, 6.07) is 7.18. The van der Waals surface area contributed by atoms with Crippen LogP contribution in [0.2, 0.25) is 0 Å². The van der Waals surface area contributed by atoms with Crippen LogP contribution in [0.1, 0.15) is 25.8 Å². The van der Waals surface area contributed by atoms with E-state index < -0.39 is 5.91 Å². The maximum Gasteiger partial charge on any atom is 0.261 e. The van der Waals surface area contributed by atoms with Crippen LogP contribution in [0.5, 0.6) is 11.5 Å². The average Bonchev–Trinajstić information content (AvgIpc) is 2.60. The Morgan fingerprint density at radius 2 is 2.08 bits per heavy atom. The lowest BCUT2D eigenvalue weighted by atomic mass is 10.1. The molecule has 0 aliphatic heterocycles. The number of amides is 1. The number of hydrogen-bond acceptors (Lipinski definition) is 5. The van der Waals surface area contributed by atoms with Gasteiger partial charge >= 0.3 is 0 Å². The van der Waals surface area contributed by atoms with Crippen LogP contribution in [-0.2, 0) is 9.53 Å². The normalized spacial score (nSPS) is 10.8. The molecule has 0 fully saturated rings. The highest BCUT2D eigenvalue weighted by Crippen LogP contribution is 2.28. The molecule has 24 heavy (non-hydrogen) atoms. The fraction of sp³-hybridized carbons (Fsp3) is 0.444. The van der Waals surface area contributed by atoms with E-state index in [9.17, 15) is 10.1 Å². The average molecular weight is 332 g/mol. The Labute approximate surface area is 143 Å². The van der Waals surface area contributed by atoms with Crippen molar-refractivity contribution in [2.45, 2.75) is 20.3 Å². The summed E-state index contributed by atoms with van der Waals surface area (Å²) >= 11 is 0. The number of nitrogens with one attached hydrogen (secondary N) is 1. The van der Waals surface area contributed by atoms with Gasteiger partial charge in [0.1, 0.15) is 11.6 Å². The van der Waals surface area contributed by atoms with E-state index in [-0.39, 0.29) is 5.57 Å². The molecule has 0 aliphatic carbocycles. The minimum Gasteiger partial charge on any atom is -0.493 e. The summed E-state index contributed by atoms with van der Waals surface area (Å²) in [5, 5.41) is 11.9. The number of carbonyl (C=O) groups excluding carboxylic acids is 1. The van der Waals surface area contributed by atoms with E-state index in [1.54, 1.807) is 25.3 Å². The Hall–Kier alpha value is -2.52. The van der Waals surface area contributed by atoms with Crippen molar-refractivity contribution in [2.75, 3.05) is 33.5 Å². The van der Waals surface area contributed by atoms with Crippen LogP contribution in [0.15, 0.2) is 23.8 Å². The summed E-state index contributed by atoms with van der Waals surface area (Å²) in [5.41, 5.74) is 0.731. The first-order valence-corrected chi connectivity index (χ1v) is 7.94. The predicted octanol–water partition coefficient (Wildman–Crippen LogP) is 2.54. The highest BCUT2D eigenvalue weighted by molar-refractivity contribution is 6.01. The summed E-state index contributed by atoms with van der Waals surface area (Å²) in [4.78, 5) is 12.0. The van der Waals surface area contributed by atoms with E-state index in [4.69, 9.17) is 14.2 Å². The molecule has 1 aromatic rings. The molecule has 0 saturated heterocycles. The van der Waals surface area contributed by atoms with Gasteiger partial charge in [0.25, 0.3) is 5.91 Å². The number of hydrogen-bond donors (Lipinski definition) is 1. The van der Waals surface area contributed by atoms with E-state index in [1.807, 2.05) is 19.9 Å². The van der Waals surface area contributed by atoms with E-state index in [0.29, 0.717) is 49.8 Å². The zero-order valence-corrected chi connectivity index (χ0v) is 14.4. The first kappa shape index (κ1) is 19.5. The lowest BCUT2D eigenvalue weighted by molar-refractivity contribution is -0.117. The minimum absolute atomic E-state index is 0.0395. The molecule has 0 aromatic heterocycles. The van der Waals surface area contributed by atoms with Gasteiger partial charge in [0, 0.05) is 19.8 Å². The maximum atomic E-state index is 12.0. The number of rotatable bonds is 10. The van der Waals surface area contributed by atoms with Crippen molar-refractivity contribution in [1.29, 1.82) is 5.26 Å². The van der Waals surface area contributed by atoms with Crippen LogP contribution in [-0.4, -0.2) is 39.4 Å². The predicted molar refractivity (Wildman–Crippen MR) is 91.9 cm³/mol. The minimum atomic E-state index is -0.401. The van der Waals surface area contributed by atoms with E-state index in [0.717, 1.165) is 0 Å². The molecule has 6 nitrogen and oxygen atoms in total. The Balaban J connectivity index is 2.77. The van der Waals surface area contributed by atoms with Crippen molar-refractivity contribution >= 4 is 12.0 Å². The van der Waals surface area contributed by atoms with Gasteiger partial charge in [-0.2, -0.15) is 5.26 Å². The molecule has 0 atom stereocenters. The number of carbonyl (C=O) groups is 1. The number of nitrogens with zero attached hydrogens (tertiary/aromatic N) is 1. The SMILES string of the molecule is CCOCCCNC(=O)/C(C#N)=C/c1ccc(OCC)c(OC)c1. The Bertz CT molecular complexity index is 606. The van der Waals surface area contributed by atoms with E-state index >= 15 is 0 Å². The molecule has 1 amide bonds. The van der Waals surface area contributed by atoms with Gasteiger partial charge < -0.3 is 19.5 Å².